The van der Waals surface area contributed by atoms with E-state index in [1.54, 1.807) is 12.4 Å². The normalized spacial score (nSPS) is 10.6. The molecule has 0 amide bonds. The molecule has 4 aromatic heterocycles. The molecule has 2 N–H and O–H groups in total. The lowest BCUT2D eigenvalue weighted by Crippen LogP contribution is -1.80. The second kappa shape index (κ2) is 18.5. The highest BCUT2D eigenvalue weighted by Crippen LogP contribution is 2.33. The summed E-state index contributed by atoms with van der Waals surface area (Å²) >= 11 is 10.9. The van der Waals surface area contributed by atoms with E-state index < -0.39 is 0 Å². The van der Waals surface area contributed by atoms with Gasteiger partial charge in [-0.15, -0.1) is 0 Å². The maximum absolute atomic E-state index is 8.87. The Kier molecular flexibility index (Phi) is 13.0. The Morgan fingerprint density at radius 2 is 0.780 bits per heavy atom. The predicted molar refractivity (Wildman–Crippen MR) is 205 cm³/mol. The Hall–Kier alpha value is -6.08. The van der Waals surface area contributed by atoms with Crippen LogP contribution >= 0.6 is 23.2 Å². The van der Waals surface area contributed by atoms with Crippen molar-refractivity contribution in [3.8, 4) is 33.8 Å². The quantitative estimate of drug-likeness (QED) is 0.180. The average Bonchev–Trinajstić information content (AvgIpc) is 3.18. The number of phenolic OH excluding ortho intramolecular Hbond substituents is 2. The Balaban J connectivity index is 0.000000154. The molecule has 6 nitrogen and oxygen atoms in total. The van der Waals surface area contributed by atoms with E-state index in [1.165, 1.54) is 28.3 Å². The van der Waals surface area contributed by atoms with Gasteiger partial charge in [0.15, 0.2) is 0 Å². The molecule has 0 atom stereocenters. The summed E-state index contributed by atoms with van der Waals surface area (Å²) < 4.78 is 0. The van der Waals surface area contributed by atoms with E-state index in [1.807, 2.05) is 97.6 Å². The first-order valence-corrected chi connectivity index (χ1v) is 16.3. The lowest BCUT2D eigenvalue weighted by Gasteiger charge is -2.01. The maximum atomic E-state index is 8.87. The number of hydrogen-bond acceptors (Lipinski definition) is 6. The van der Waals surface area contributed by atoms with Gasteiger partial charge in [-0.1, -0.05) is 96.0 Å². The first kappa shape index (κ1) is 35.2. The van der Waals surface area contributed by atoms with Crippen LogP contribution in [0, 0.1) is 0 Å². The number of pyridine rings is 4. The van der Waals surface area contributed by atoms with Gasteiger partial charge < -0.3 is 10.2 Å². The van der Waals surface area contributed by atoms with Crippen LogP contribution in [0.1, 0.15) is 22.5 Å². The third kappa shape index (κ3) is 11.0. The first-order chi connectivity index (χ1) is 24.4. The number of rotatable bonds is 6. The zero-order valence-corrected chi connectivity index (χ0v) is 28.3. The molecule has 0 radical (unpaired) electrons. The maximum Gasteiger partial charge on any atom is 0.137 e. The van der Waals surface area contributed by atoms with Crippen LogP contribution in [0.5, 0.6) is 11.5 Å². The molecule has 0 spiro atoms. The van der Waals surface area contributed by atoms with Crippen LogP contribution < -0.4 is 0 Å². The minimum atomic E-state index is -0.177. The molecule has 3 aromatic carbocycles. The van der Waals surface area contributed by atoms with E-state index in [-0.39, 0.29) is 21.5 Å². The van der Waals surface area contributed by atoms with Crippen LogP contribution in [-0.4, -0.2) is 30.1 Å². The van der Waals surface area contributed by atoms with Gasteiger partial charge in [0.25, 0.3) is 0 Å². The molecular weight excluding hydrogens is 663 g/mol. The van der Waals surface area contributed by atoms with Crippen LogP contribution in [0.3, 0.4) is 0 Å². The van der Waals surface area contributed by atoms with Crippen molar-refractivity contribution in [3.63, 3.8) is 0 Å². The van der Waals surface area contributed by atoms with Crippen molar-refractivity contribution in [3.05, 3.63) is 191 Å². The first-order valence-electron chi connectivity index (χ1n) is 15.5. The minimum Gasteiger partial charge on any atom is -0.506 e. The third-order valence-corrected chi connectivity index (χ3v) is 7.74. The number of benzene rings is 3. The van der Waals surface area contributed by atoms with Gasteiger partial charge in [-0.2, -0.15) is 0 Å². The molecule has 50 heavy (non-hydrogen) atoms. The van der Waals surface area contributed by atoms with Gasteiger partial charge in [-0.25, -0.2) is 0 Å². The SMILES string of the molecule is C(=C\c1ccccn1)/c1ccc(-c2ccncc2)cc1.C(=C\c1ccccn1)/c1ccc(-c2ccncc2)cc1.Oc1cc(O)c(Cl)cc1Cl. The number of nitrogens with zero attached hydrogens (tertiary/aromatic N) is 4. The Morgan fingerprint density at radius 1 is 0.400 bits per heavy atom. The summed E-state index contributed by atoms with van der Waals surface area (Å²) in [5, 5.41) is 18.0. The number of phenols is 2. The zero-order chi connectivity index (χ0) is 35.0. The second-order valence-corrected chi connectivity index (χ2v) is 11.5. The van der Waals surface area contributed by atoms with Gasteiger partial charge >= 0.3 is 0 Å². The van der Waals surface area contributed by atoms with Crippen molar-refractivity contribution in [2.24, 2.45) is 0 Å². The van der Waals surface area contributed by atoms with Crippen molar-refractivity contribution in [1.29, 1.82) is 0 Å². The van der Waals surface area contributed by atoms with Crippen molar-refractivity contribution in [1.82, 2.24) is 19.9 Å². The van der Waals surface area contributed by atoms with Crippen molar-refractivity contribution in [2.45, 2.75) is 0 Å². The van der Waals surface area contributed by atoms with Crippen LogP contribution in [0.2, 0.25) is 10.0 Å². The third-order valence-electron chi connectivity index (χ3n) is 7.13. The number of hydrogen-bond donors (Lipinski definition) is 2. The van der Waals surface area contributed by atoms with Crippen LogP contribution in [0.25, 0.3) is 46.6 Å². The summed E-state index contributed by atoms with van der Waals surface area (Å²) in [7, 11) is 0. The van der Waals surface area contributed by atoms with Crippen LogP contribution in [-0.2, 0) is 0 Å². The summed E-state index contributed by atoms with van der Waals surface area (Å²) in [6, 6.07) is 39.1. The molecule has 246 valence electrons. The van der Waals surface area contributed by atoms with E-state index in [4.69, 9.17) is 33.4 Å². The molecule has 7 aromatic rings. The molecule has 0 aliphatic carbocycles. The topological polar surface area (TPSA) is 92.0 Å². The Bertz CT molecular complexity index is 1930. The Morgan fingerprint density at radius 3 is 1.12 bits per heavy atom. The largest absolute Gasteiger partial charge is 0.506 e. The van der Waals surface area contributed by atoms with Crippen molar-refractivity contribution >= 4 is 47.5 Å². The summed E-state index contributed by atoms with van der Waals surface area (Å²) in [6.07, 6.45) is 19.0. The van der Waals surface area contributed by atoms with E-state index >= 15 is 0 Å². The van der Waals surface area contributed by atoms with E-state index in [0.29, 0.717) is 0 Å². The van der Waals surface area contributed by atoms with Gasteiger partial charge in [0.2, 0.25) is 0 Å². The number of aromatic hydroxyl groups is 2. The summed E-state index contributed by atoms with van der Waals surface area (Å²) in [5.74, 6) is -0.355. The van der Waals surface area contributed by atoms with Gasteiger partial charge in [0.1, 0.15) is 11.5 Å². The average molecular weight is 696 g/mol. The van der Waals surface area contributed by atoms with Gasteiger partial charge in [-0.3, -0.25) is 19.9 Å². The van der Waals surface area contributed by atoms with E-state index in [2.05, 4.69) is 80.6 Å². The zero-order valence-electron chi connectivity index (χ0n) is 26.8. The molecule has 0 fully saturated rings. The molecule has 0 bridgehead atoms. The molecule has 0 saturated carbocycles. The fraction of sp³-hybridized carbons (Fsp3) is 0. The van der Waals surface area contributed by atoms with Crippen molar-refractivity contribution in [2.75, 3.05) is 0 Å². The minimum absolute atomic E-state index is 0.128. The van der Waals surface area contributed by atoms with Crippen LogP contribution in [0.4, 0.5) is 0 Å². The predicted octanol–water partition coefficient (Wildman–Crippen LogP) is 11.0. The van der Waals surface area contributed by atoms with E-state index in [9.17, 15) is 0 Å². The highest BCUT2D eigenvalue weighted by molar-refractivity contribution is 6.36. The highest BCUT2D eigenvalue weighted by atomic mass is 35.5. The molecule has 8 heteroatoms. The summed E-state index contributed by atoms with van der Waals surface area (Å²) in [4.78, 5) is 16.6. The van der Waals surface area contributed by atoms with E-state index in [0.717, 1.165) is 28.6 Å². The van der Waals surface area contributed by atoms with Gasteiger partial charge in [-0.05, 0) is 100 Å². The smallest absolute Gasteiger partial charge is 0.137 e. The molecule has 0 saturated heterocycles. The summed E-state index contributed by atoms with van der Waals surface area (Å²) in [6.45, 7) is 0. The molecular formula is C42H32Cl2N4O2. The standard InChI is InChI=1S/2C18H14N2.C6H4Cl2O2/c2*1-2-12-20-18(3-1)9-6-15-4-7-16(8-5-15)17-10-13-19-14-11-17;7-3-1-4(8)6(10)2-5(3)9/h2*1-14H;1-2,9-10H/b2*9-6+;. The fourth-order valence-electron chi connectivity index (χ4n) is 4.50. The molecule has 0 unspecified atom stereocenters. The van der Waals surface area contributed by atoms with Crippen LogP contribution in [0.15, 0.2) is 159 Å². The lowest BCUT2D eigenvalue weighted by molar-refractivity contribution is 0.451. The molecule has 7 rings (SSSR count). The monoisotopic (exact) mass is 694 g/mol. The molecule has 0 aliphatic heterocycles. The number of aromatic nitrogens is 4. The van der Waals surface area contributed by atoms with Gasteiger partial charge in [0.05, 0.1) is 21.4 Å². The molecule has 4 heterocycles. The van der Waals surface area contributed by atoms with Crippen molar-refractivity contribution < 1.29 is 10.2 Å². The lowest BCUT2D eigenvalue weighted by atomic mass is 10.0. The Labute approximate surface area is 301 Å². The summed E-state index contributed by atoms with van der Waals surface area (Å²) in [5.41, 5.74) is 9.00. The van der Waals surface area contributed by atoms with Gasteiger partial charge in [0, 0.05) is 43.2 Å². The number of halogens is 2. The molecule has 0 aliphatic rings. The highest BCUT2D eigenvalue weighted by Gasteiger charge is 2.03. The second-order valence-electron chi connectivity index (χ2n) is 10.6. The fourth-order valence-corrected chi connectivity index (χ4v) is 4.88.